The summed E-state index contributed by atoms with van der Waals surface area (Å²) in [7, 11) is 0. The van der Waals surface area contributed by atoms with Gasteiger partial charge in [-0.15, -0.1) is 0 Å². The van der Waals surface area contributed by atoms with Crippen LogP contribution in [-0.2, 0) is 0 Å². The zero-order valence-corrected chi connectivity index (χ0v) is 19.0. The van der Waals surface area contributed by atoms with Crippen LogP contribution in [0.3, 0.4) is 0 Å². The first kappa shape index (κ1) is 22.3. The largest absolute Gasteiger partial charge is 0.335 e. The van der Waals surface area contributed by atoms with Crippen LogP contribution in [-0.4, -0.2) is 54.6 Å². The average molecular weight is 439 g/mol. The van der Waals surface area contributed by atoms with E-state index in [1.165, 1.54) is 24.3 Å². The SMILES string of the molecule is CC(C)(C)N1CCC(NC(=O)N2CCN(C(=O)c3ccc(F)cc3)c3ccccc32)CC1. The molecule has 2 aromatic carbocycles. The molecule has 4 rings (SSSR count). The van der Waals surface area contributed by atoms with Gasteiger partial charge in [0.1, 0.15) is 5.82 Å². The molecule has 0 atom stereocenters. The maximum Gasteiger partial charge on any atom is 0.322 e. The first-order valence-corrected chi connectivity index (χ1v) is 11.2. The van der Waals surface area contributed by atoms with Crippen LogP contribution in [0.1, 0.15) is 44.0 Å². The smallest absolute Gasteiger partial charge is 0.322 e. The van der Waals surface area contributed by atoms with E-state index in [-0.39, 0.29) is 29.3 Å². The number of para-hydroxylation sites is 2. The van der Waals surface area contributed by atoms with Gasteiger partial charge in [0, 0.05) is 43.3 Å². The maximum atomic E-state index is 13.3. The van der Waals surface area contributed by atoms with E-state index in [2.05, 4.69) is 31.0 Å². The Kier molecular flexibility index (Phi) is 6.20. The molecule has 0 unspecified atom stereocenters. The normalized spacial score (nSPS) is 17.8. The zero-order chi connectivity index (χ0) is 22.9. The molecule has 1 fully saturated rings. The summed E-state index contributed by atoms with van der Waals surface area (Å²) in [4.78, 5) is 32.0. The van der Waals surface area contributed by atoms with E-state index in [4.69, 9.17) is 0 Å². The first-order chi connectivity index (χ1) is 15.2. The monoisotopic (exact) mass is 438 g/mol. The molecule has 0 aromatic heterocycles. The van der Waals surface area contributed by atoms with Crippen LogP contribution in [0.5, 0.6) is 0 Å². The van der Waals surface area contributed by atoms with Gasteiger partial charge in [0.05, 0.1) is 11.4 Å². The van der Waals surface area contributed by atoms with Gasteiger partial charge in [0.15, 0.2) is 0 Å². The molecular formula is C25H31FN4O2. The third kappa shape index (κ3) is 4.63. The van der Waals surface area contributed by atoms with Gasteiger partial charge in [-0.1, -0.05) is 12.1 Å². The number of carbonyl (C=O) groups excluding carboxylic acids is 2. The number of urea groups is 1. The number of likely N-dealkylation sites (tertiary alicyclic amines) is 1. The summed E-state index contributed by atoms with van der Waals surface area (Å²) in [6.45, 7) is 9.36. The molecule has 2 aliphatic rings. The topological polar surface area (TPSA) is 55.9 Å². The maximum absolute atomic E-state index is 13.3. The van der Waals surface area contributed by atoms with Crippen molar-refractivity contribution in [3.8, 4) is 0 Å². The standard InChI is InChI=1S/C25H31FN4O2/c1-25(2,3)28-14-12-20(13-15-28)27-24(32)30-17-16-29(21-6-4-5-7-22(21)30)23(31)18-8-10-19(26)11-9-18/h4-11,20H,12-17H2,1-3H3,(H,27,32). The number of piperidine rings is 1. The third-order valence-corrected chi connectivity index (χ3v) is 6.36. The van der Waals surface area contributed by atoms with E-state index < -0.39 is 0 Å². The fourth-order valence-electron chi connectivity index (χ4n) is 4.48. The highest BCUT2D eigenvalue weighted by Gasteiger charge is 2.32. The summed E-state index contributed by atoms with van der Waals surface area (Å²) < 4.78 is 13.3. The van der Waals surface area contributed by atoms with Gasteiger partial charge in [-0.05, 0) is 70.0 Å². The molecule has 0 spiro atoms. The second kappa shape index (κ2) is 8.90. The molecule has 0 radical (unpaired) electrons. The van der Waals surface area contributed by atoms with Gasteiger partial charge >= 0.3 is 6.03 Å². The number of hydrogen-bond acceptors (Lipinski definition) is 3. The molecule has 170 valence electrons. The van der Waals surface area contributed by atoms with Gasteiger partial charge in [-0.2, -0.15) is 0 Å². The van der Waals surface area contributed by atoms with E-state index in [0.717, 1.165) is 25.9 Å². The van der Waals surface area contributed by atoms with E-state index in [0.29, 0.717) is 30.0 Å². The number of halogens is 1. The summed E-state index contributed by atoms with van der Waals surface area (Å²) in [5.41, 5.74) is 1.95. The molecule has 7 heteroatoms. The predicted octanol–water partition coefficient (Wildman–Crippen LogP) is 4.27. The van der Waals surface area contributed by atoms with Crippen molar-refractivity contribution < 1.29 is 14.0 Å². The Hall–Kier alpha value is -2.93. The summed E-state index contributed by atoms with van der Waals surface area (Å²) in [6, 6.07) is 13.0. The quantitative estimate of drug-likeness (QED) is 0.762. The minimum absolute atomic E-state index is 0.125. The van der Waals surface area contributed by atoms with Crippen molar-refractivity contribution in [3.63, 3.8) is 0 Å². The lowest BCUT2D eigenvalue weighted by Gasteiger charge is -2.42. The van der Waals surface area contributed by atoms with Crippen LogP contribution in [0, 0.1) is 5.82 Å². The number of nitrogens with one attached hydrogen (secondary N) is 1. The number of rotatable bonds is 2. The van der Waals surface area contributed by atoms with E-state index in [9.17, 15) is 14.0 Å². The van der Waals surface area contributed by atoms with Crippen LogP contribution in [0.2, 0.25) is 0 Å². The number of hydrogen-bond donors (Lipinski definition) is 1. The highest BCUT2D eigenvalue weighted by Crippen LogP contribution is 2.34. The Bertz CT molecular complexity index is 978. The van der Waals surface area contributed by atoms with Crippen molar-refractivity contribution in [1.82, 2.24) is 10.2 Å². The summed E-state index contributed by atoms with van der Waals surface area (Å²) >= 11 is 0. The van der Waals surface area contributed by atoms with Gasteiger partial charge in [-0.3, -0.25) is 14.6 Å². The van der Waals surface area contributed by atoms with Crippen molar-refractivity contribution in [3.05, 3.63) is 59.9 Å². The summed E-state index contributed by atoms with van der Waals surface area (Å²) in [5, 5.41) is 3.20. The van der Waals surface area contributed by atoms with Crippen molar-refractivity contribution >= 4 is 23.3 Å². The zero-order valence-electron chi connectivity index (χ0n) is 19.0. The average Bonchev–Trinajstić information content (AvgIpc) is 2.78. The molecule has 1 saturated heterocycles. The summed E-state index contributed by atoms with van der Waals surface area (Å²) in [6.07, 6.45) is 1.85. The Labute approximate surface area is 189 Å². The van der Waals surface area contributed by atoms with Gasteiger partial charge in [0.2, 0.25) is 0 Å². The summed E-state index contributed by atoms with van der Waals surface area (Å²) in [5.74, 6) is -0.580. The fourth-order valence-corrected chi connectivity index (χ4v) is 4.48. The highest BCUT2D eigenvalue weighted by molar-refractivity contribution is 6.10. The third-order valence-electron chi connectivity index (χ3n) is 6.36. The molecule has 6 nitrogen and oxygen atoms in total. The second-order valence-corrected chi connectivity index (χ2v) is 9.49. The lowest BCUT2D eigenvalue weighted by Crippen LogP contribution is -2.55. The van der Waals surface area contributed by atoms with E-state index in [1.54, 1.807) is 9.80 Å². The lowest BCUT2D eigenvalue weighted by atomic mass is 9.98. The molecule has 0 saturated carbocycles. The number of nitrogens with zero attached hydrogens (tertiary/aromatic N) is 3. The first-order valence-electron chi connectivity index (χ1n) is 11.2. The number of amides is 3. The predicted molar refractivity (Wildman–Crippen MR) is 125 cm³/mol. The van der Waals surface area contributed by atoms with Crippen LogP contribution in [0.25, 0.3) is 0 Å². The minimum Gasteiger partial charge on any atom is -0.335 e. The highest BCUT2D eigenvalue weighted by atomic mass is 19.1. The number of fused-ring (bicyclic) bond motifs is 1. The van der Waals surface area contributed by atoms with E-state index >= 15 is 0 Å². The van der Waals surface area contributed by atoms with Crippen LogP contribution < -0.4 is 15.1 Å². The van der Waals surface area contributed by atoms with Crippen LogP contribution in [0.15, 0.2) is 48.5 Å². The number of anilines is 2. The van der Waals surface area contributed by atoms with Crippen molar-refractivity contribution in [2.24, 2.45) is 0 Å². The van der Waals surface area contributed by atoms with Gasteiger partial charge < -0.3 is 10.2 Å². The molecule has 32 heavy (non-hydrogen) atoms. The van der Waals surface area contributed by atoms with Crippen molar-refractivity contribution in [2.75, 3.05) is 36.0 Å². The van der Waals surface area contributed by atoms with Gasteiger partial charge in [-0.25, -0.2) is 9.18 Å². The molecule has 2 heterocycles. The Morgan fingerprint density at radius 1 is 0.875 bits per heavy atom. The molecule has 0 aliphatic carbocycles. The Morgan fingerprint density at radius 3 is 2.03 bits per heavy atom. The van der Waals surface area contributed by atoms with Crippen LogP contribution >= 0.6 is 0 Å². The fraction of sp³-hybridized carbons (Fsp3) is 0.440. The minimum atomic E-state index is -0.378. The van der Waals surface area contributed by atoms with Crippen molar-refractivity contribution in [1.29, 1.82) is 0 Å². The molecule has 0 bridgehead atoms. The van der Waals surface area contributed by atoms with Crippen molar-refractivity contribution in [2.45, 2.75) is 45.2 Å². The Morgan fingerprint density at radius 2 is 1.44 bits per heavy atom. The Balaban J connectivity index is 1.46. The number of benzene rings is 2. The molecule has 2 aliphatic heterocycles. The molecular weight excluding hydrogens is 407 g/mol. The molecule has 3 amide bonds. The number of carbonyl (C=O) groups is 2. The van der Waals surface area contributed by atoms with Gasteiger partial charge in [0.25, 0.3) is 5.91 Å². The molecule has 1 N–H and O–H groups in total. The second-order valence-electron chi connectivity index (χ2n) is 9.49. The van der Waals surface area contributed by atoms with E-state index in [1.807, 2.05) is 24.3 Å². The lowest BCUT2D eigenvalue weighted by molar-refractivity contribution is 0.0974. The van der Waals surface area contributed by atoms with Crippen LogP contribution in [0.4, 0.5) is 20.6 Å². The molecule has 2 aromatic rings.